The van der Waals surface area contributed by atoms with E-state index in [1.165, 1.54) is 0 Å². The third kappa shape index (κ3) is 2.64. The van der Waals surface area contributed by atoms with Crippen molar-refractivity contribution in [2.75, 3.05) is 31.9 Å². The molecule has 5 heteroatoms. The lowest BCUT2D eigenvalue weighted by molar-refractivity contribution is 0.0782. The van der Waals surface area contributed by atoms with Crippen molar-refractivity contribution in [1.29, 1.82) is 0 Å². The quantitative estimate of drug-likeness (QED) is 0.867. The van der Waals surface area contributed by atoms with E-state index in [4.69, 9.17) is 10.2 Å². The van der Waals surface area contributed by atoms with Gasteiger partial charge in [-0.1, -0.05) is 6.92 Å². The van der Waals surface area contributed by atoms with Crippen LogP contribution in [0.2, 0.25) is 0 Å². The number of nitrogen functional groups attached to an aromatic ring is 1. The van der Waals surface area contributed by atoms with E-state index in [0.717, 1.165) is 55.4 Å². The fourth-order valence-corrected chi connectivity index (χ4v) is 2.94. The highest BCUT2D eigenvalue weighted by Crippen LogP contribution is 2.20. The Hall–Kier alpha value is -1.59. The first-order chi connectivity index (χ1) is 9.65. The molecule has 108 valence electrons. The summed E-state index contributed by atoms with van der Waals surface area (Å²) in [7, 11) is 0. The minimum absolute atomic E-state index is 0.591. The van der Waals surface area contributed by atoms with E-state index in [2.05, 4.69) is 28.6 Å². The summed E-state index contributed by atoms with van der Waals surface area (Å²) in [6.45, 7) is 9.64. The van der Waals surface area contributed by atoms with Gasteiger partial charge in [0, 0.05) is 31.4 Å². The maximum Gasteiger partial charge on any atom is 0.209 e. The van der Waals surface area contributed by atoms with Gasteiger partial charge in [-0.05, 0) is 31.7 Å². The van der Waals surface area contributed by atoms with Crippen LogP contribution in [-0.4, -0.2) is 47.0 Å². The highest BCUT2D eigenvalue weighted by Gasteiger charge is 2.23. The fraction of sp³-hybridized carbons (Fsp3) is 0.533. The number of oxazole rings is 1. The largest absolute Gasteiger partial charge is 0.439 e. The van der Waals surface area contributed by atoms with E-state index in [9.17, 15) is 0 Å². The molecule has 0 amide bonds. The first kappa shape index (κ1) is 13.4. The second kappa shape index (κ2) is 5.42. The van der Waals surface area contributed by atoms with Crippen molar-refractivity contribution < 1.29 is 4.42 Å². The van der Waals surface area contributed by atoms with Crippen LogP contribution in [0.1, 0.15) is 19.7 Å². The van der Waals surface area contributed by atoms with E-state index in [1.54, 1.807) is 0 Å². The van der Waals surface area contributed by atoms with Gasteiger partial charge in [0.15, 0.2) is 5.58 Å². The minimum atomic E-state index is 0.591. The zero-order chi connectivity index (χ0) is 14.1. The maximum absolute atomic E-state index is 5.79. The molecule has 0 spiro atoms. The predicted molar refractivity (Wildman–Crippen MR) is 80.4 cm³/mol. The van der Waals surface area contributed by atoms with Crippen molar-refractivity contribution in [3.8, 4) is 0 Å². The van der Waals surface area contributed by atoms with Crippen molar-refractivity contribution in [3.63, 3.8) is 0 Å². The molecule has 0 radical (unpaired) electrons. The lowest BCUT2D eigenvalue weighted by Gasteiger charge is -2.38. The molecule has 2 heterocycles. The van der Waals surface area contributed by atoms with Crippen LogP contribution in [0.5, 0.6) is 0 Å². The number of hydrogen-bond acceptors (Lipinski definition) is 5. The van der Waals surface area contributed by atoms with Gasteiger partial charge in [-0.25, -0.2) is 4.98 Å². The monoisotopic (exact) mass is 274 g/mol. The van der Waals surface area contributed by atoms with Crippen LogP contribution < -0.4 is 5.73 Å². The summed E-state index contributed by atoms with van der Waals surface area (Å²) in [6.07, 6.45) is 0. The molecule has 0 bridgehead atoms. The number of anilines is 1. The van der Waals surface area contributed by atoms with Crippen LogP contribution in [0, 0.1) is 0 Å². The Balaban J connectivity index is 1.70. The zero-order valence-electron chi connectivity index (χ0n) is 12.2. The number of likely N-dealkylation sites (N-methyl/N-ethyl adjacent to an activating group) is 1. The second-order valence-corrected chi connectivity index (χ2v) is 5.55. The molecule has 2 N–H and O–H groups in total. The Morgan fingerprint density at radius 3 is 3.00 bits per heavy atom. The normalized spacial score (nSPS) is 21.6. The van der Waals surface area contributed by atoms with Crippen molar-refractivity contribution in [3.05, 3.63) is 24.1 Å². The molecule has 2 aromatic rings. The summed E-state index contributed by atoms with van der Waals surface area (Å²) < 4.78 is 5.79. The first-order valence-electron chi connectivity index (χ1n) is 7.27. The van der Waals surface area contributed by atoms with E-state index >= 15 is 0 Å². The van der Waals surface area contributed by atoms with Crippen LogP contribution in [0.4, 0.5) is 5.69 Å². The highest BCUT2D eigenvalue weighted by molar-refractivity contribution is 5.76. The van der Waals surface area contributed by atoms with Gasteiger partial charge >= 0.3 is 0 Å². The number of fused-ring (bicyclic) bond motifs is 1. The van der Waals surface area contributed by atoms with Gasteiger partial charge in [-0.3, -0.25) is 9.80 Å². The van der Waals surface area contributed by atoms with E-state index in [0.29, 0.717) is 6.04 Å². The molecule has 3 rings (SSSR count). The zero-order valence-corrected chi connectivity index (χ0v) is 12.2. The highest BCUT2D eigenvalue weighted by atomic mass is 16.3. The molecule has 1 atom stereocenters. The van der Waals surface area contributed by atoms with Crippen LogP contribution >= 0.6 is 0 Å². The van der Waals surface area contributed by atoms with E-state index < -0.39 is 0 Å². The third-order valence-electron chi connectivity index (χ3n) is 4.07. The second-order valence-electron chi connectivity index (χ2n) is 5.55. The SMILES string of the molecule is CCN1CCN(Cc2nc3cc(N)ccc3o2)CC1C. The van der Waals surface area contributed by atoms with E-state index in [-0.39, 0.29) is 0 Å². The standard InChI is InChI=1S/C15H22N4O/c1-3-19-7-6-18(9-11(19)2)10-15-17-13-8-12(16)4-5-14(13)20-15/h4-5,8,11H,3,6-7,9-10,16H2,1-2H3. The number of aromatic nitrogens is 1. The molecule has 5 nitrogen and oxygen atoms in total. The molecule has 1 saturated heterocycles. The summed E-state index contributed by atoms with van der Waals surface area (Å²) in [4.78, 5) is 9.44. The molecule has 0 saturated carbocycles. The van der Waals surface area contributed by atoms with Gasteiger partial charge in [0.25, 0.3) is 0 Å². The number of nitrogens with zero attached hydrogens (tertiary/aromatic N) is 3. The Morgan fingerprint density at radius 1 is 1.40 bits per heavy atom. The molecule has 1 aliphatic heterocycles. The van der Waals surface area contributed by atoms with Crippen LogP contribution in [0.3, 0.4) is 0 Å². The molecule has 1 fully saturated rings. The minimum Gasteiger partial charge on any atom is -0.439 e. The lowest BCUT2D eigenvalue weighted by Crippen LogP contribution is -2.51. The Kier molecular flexibility index (Phi) is 3.63. The molecular weight excluding hydrogens is 252 g/mol. The molecule has 0 aliphatic carbocycles. The van der Waals surface area contributed by atoms with Gasteiger partial charge in [0.2, 0.25) is 5.89 Å². The average Bonchev–Trinajstić information content (AvgIpc) is 2.80. The lowest BCUT2D eigenvalue weighted by atomic mass is 10.2. The van der Waals surface area contributed by atoms with Gasteiger partial charge in [0.05, 0.1) is 6.54 Å². The Bertz CT molecular complexity index is 595. The number of rotatable bonds is 3. The Labute approximate surface area is 119 Å². The number of benzene rings is 1. The fourth-order valence-electron chi connectivity index (χ4n) is 2.94. The molecule has 20 heavy (non-hydrogen) atoms. The predicted octanol–water partition coefficient (Wildman–Crippen LogP) is 1.94. The van der Waals surface area contributed by atoms with Crippen molar-refractivity contribution in [2.24, 2.45) is 0 Å². The van der Waals surface area contributed by atoms with Gasteiger partial charge in [-0.15, -0.1) is 0 Å². The van der Waals surface area contributed by atoms with Crippen molar-refractivity contribution in [1.82, 2.24) is 14.8 Å². The van der Waals surface area contributed by atoms with Crippen LogP contribution in [0.25, 0.3) is 11.1 Å². The molecule has 1 aromatic heterocycles. The van der Waals surface area contributed by atoms with Gasteiger partial charge < -0.3 is 10.2 Å². The number of piperazine rings is 1. The third-order valence-corrected chi connectivity index (χ3v) is 4.07. The number of hydrogen-bond donors (Lipinski definition) is 1. The smallest absolute Gasteiger partial charge is 0.209 e. The first-order valence-corrected chi connectivity index (χ1v) is 7.27. The van der Waals surface area contributed by atoms with Crippen molar-refractivity contribution in [2.45, 2.75) is 26.4 Å². The molecule has 1 aliphatic rings. The summed E-state index contributed by atoms with van der Waals surface area (Å²) in [5.74, 6) is 0.780. The van der Waals surface area contributed by atoms with Crippen LogP contribution in [0.15, 0.2) is 22.6 Å². The summed E-state index contributed by atoms with van der Waals surface area (Å²) >= 11 is 0. The molecule has 1 unspecified atom stereocenters. The van der Waals surface area contributed by atoms with Gasteiger partial charge in [-0.2, -0.15) is 0 Å². The van der Waals surface area contributed by atoms with Crippen molar-refractivity contribution >= 4 is 16.8 Å². The number of nitrogens with two attached hydrogens (primary N) is 1. The summed E-state index contributed by atoms with van der Waals surface area (Å²) in [5.41, 5.74) is 8.15. The van der Waals surface area contributed by atoms with Gasteiger partial charge in [0.1, 0.15) is 5.52 Å². The molecule has 1 aromatic carbocycles. The van der Waals surface area contributed by atoms with Crippen LogP contribution in [-0.2, 0) is 6.54 Å². The molecular formula is C15H22N4O. The Morgan fingerprint density at radius 2 is 2.25 bits per heavy atom. The van der Waals surface area contributed by atoms with E-state index in [1.807, 2.05) is 18.2 Å². The topological polar surface area (TPSA) is 58.5 Å². The maximum atomic E-state index is 5.79. The summed E-state index contributed by atoms with van der Waals surface area (Å²) in [5, 5.41) is 0. The summed E-state index contributed by atoms with van der Waals surface area (Å²) in [6, 6.07) is 6.19. The average molecular weight is 274 g/mol.